The van der Waals surface area contributed by atoms with E-state index in [0.29, 0.717) is 24.2 Å². The summed E-state index contributed by atoms with van der Waals surface area (Å²) in [5.41, 5.74) is 1.92. The molecule has 21 heavy (non-hydrogen) atoms. The van der Waals surface area contributed by atoms with Crippen LogP contribution in [-0.4, -0.2) is 26.4 Å². The molecule has 1 N–H and O–H groups in total. The average molecular weight is 299 g/mol. The van der Waals surface area contributed by atoms with Crippen molar-refractivity contribution < 1.29 is 4.79 Å². The van der Waals surface area contributed by atoms with Crippen LogP contribution in [0.15, 0.2) is 30.0 Å². The molecule has 0 unspecified atom stereocenters. The predicted molar refractivity (Wildman–Crippen MR) is 79.2 cm³/mol. The Labute approximate surface area is 125 Å². The lowest BCUT2D eigenvalue weighted by molar-refractivity contribution is 0.0946. The highest BCUT2D eigenvalue weighted by Crippen LogP contribution is 2.11. The molecule has 7 heteroatoms. The molecule has 0 saturated carbocycles. The second-order valence-electron chi connectivity index (χ2n) is 4.67. The summed E-state index contributed by atoms with van der Waals surface area (Å²) >= 11 is 1.58. The van der Waals surface area contributed by atoms with Crippen molar-refractivity contribution in [2.45, 2.75) is 6.42 Å². The molecule has 0 bridgehead atoms. The molecule has 6 nitrogen and oxygen atoms in total. The van der Waals surface area contributed by atoms with Crippen molar-refractivity contribution >= 4 is 22.2 Å². The van der Waals surface area contributed by atoms with Gasteiger partial charge in [-0.2, -0.15) is 5.26 Å². The van der Waals surface area contributed by atoms with Crippen molar-refractivity contribution in [1.29, 1.82) is 5.26 Å². The summed E-state index contributed by atoms with van der Waals surface area (Å²) in [4.78, 5) is 17.5. The number of nitriles is 1. The van der Waals surface area contributed by atoms with E-state index < -0.39 is 0 Å². The van der Waals surface area contributed by atoms with Crippen LogP contribution in [0.4, 0.5) is 0 Å². The van der Waals surface area contributed by atoms with Gasteiger partial charge < -0.3 is 9.88 Å². The summed E-state index contributed by atoms with van der Waals surface area (Å²) in [6.45, 7) is 0.511. The largest absolute Gasteiger partial charge is 0.350 e. The quantitative estimate of drug-likeness (QED) is 0.794. The number of nitrogens with zero attached hydrogens (tertiary/aromatic N) is 4. The van der Waals surface area contributed by atoms with Gasteiger partial charge in [0.15, 0.2) is 4.96 Å². The van der Waals surface area contributed by atoms with E-state index in [-0.39, 0.29) is 5.91 Å². The van der Waals surface area contributed by atoms with Gasteiger partial charge in [0.25, 0.3) is 5.91 Å². The van der Waals surface area contributed by atoms with Crippen LogP contribution in [0.3, 0.4) is 0 Å². The Bertz CT molecular complexity index is 807. The van der Waals surface area contributed by atoms with Crippen LogP contribution in [0.2, 0.25) is 0 Å². The molecule has 0 spiro atoms. The predicted octanol–water partition coefficient (Wildman–Crippen LogP) is 1.58. The zero-order valence-corrected chi connectivity index (χ0v) is 12.2. The number of carbonyl (C=O) groups is 1. The van der Waals surface area contributed by atoms with Crippen molar-refractivity contribution in [3.8, 4) is 6.07 Å². The molecule has 0 aliphatic carbocycles. The maximum atomic E-state index is 12.0. The number of nitrogens with one attached hydrogen (secondary N) is 1. The maximum absolute atomic E-state index is 12.0. The number of carbonyl (C=O) groups excluding carboxylic acids is 1. The van der Waals surface area contributed by atoms with E-state index >= 15 is 0 Å². The fourth-order valence-electron chi connectivity index (χ4n) is 2.14. The first kappa shape index (κ1) is 13.4. The summed E-state index contributed by atoms with van der Waals surface area (Å²) in [6.07, 6.45) is 6.24. The number of fused-ring (bicyclic) bond motifs is 1. The van der Waals surface area contributed by atoms with Crippen LogP contribution in [0.5, 0.6) is 0 Å². The third-order valence-corrected chi connectivity index (χ3v) is 3.95. The molecule has 1 amide bonds. The lowest BCUT2D eigenvalue weighted by Crippen LogP contribution is -2.27. The Kier molecular flexibility index (Phi) is 3.46. The molecule has 3 aromatic rings. The van der Waals surface area contributed by atoms with E-state index in [0.717, 1.165) is 10.7 Å². The first-order valence-electron chi connectivity index (χ1n) is 6.43. The number of thiazole rings is 1. The van der Waals surface area contributed by atoms with Crippen LogP contribution in [-0.2, 0) is 13.5 Å². The Morgan fingerprint density at radius 1 is 1.52 bits per heavy atom. The molecule has 3 aromatic heterocycles. The number of hydrogen-bond donors (Lipinski definition) is 1. The van der Waals surface area contributed by atoms with Crippen molar-refractivity contribution in [3.63, 3.8) is 0 Å². The van der Waals surface area contributed by atoms with Gasteiger partial charge in [0.1, 0.15) is 11.8 Å². The highest BCUT2D eigenvalue weighted by atomic mass is 32.1. The van der Waals surface area contributed by atoms with Gasteiger partial charge in [-0.1, -0.05) is 0 Å². The second kappa shape index (κ2) is 5.42. The van der Waals surface area contributed by atoms with Crippen LogP contribution in [0.1, 0.15) is 21.7 Å². The third-order valence-electron chi connectivity index (χ3n) is 3.18. The summed E-state index contributed by atoms with van der Waals surface area (Å²) < 4.78 is 3.62. The molecule has 106 valence electrons. The normalized spacial score (nSPS) is 10.7. The van der Waals surface area contributed by atoms with Gasteiger partial charge in [-0.3, -0.25) is 9.20 Å². The smallest absolute Gasteiger partial charge is 0.267 e. The van der Waals surface area contributed by atoms with E-state index in [1.807, 2.05) is 28.2 Å². The molecule has 3 heterocycles. The van der Waals surface area contributed by atoms with Crippen molar-refractivity contribution in [3.05, 3.63) is 47.0 Å². The Morgan fingerprint density at radius 2 is 2.38 bits per heavy atom. The molecule has 0 saturated heterocycles. The maximum Gasteiger partial charge on any atom is 0.267 e. The van der Waals surface area contributed by atoms with E-state index in [1.54, 1.807) is 35.2 Å². The fraction of sp³-hybridized carbons (Fsp3) is 0.214. The van der Waals surface area contributed by atoms with Gasteiger partial charge in [0.05, 0.1) is 11.3 Å². The number of hydrogen-bond acceptors (Lipinski definition) is 4. The monoisotopic (exact) mass is 299 g/mol. The first-order chi connectivity index (χ1) is 10.2. The van der Waals surface area contributed by atoms with Crippen molar-refractivity contribution in [1.82, 2.24) is 19.3 Å². The van der Waals surface area contributed by atoms with Crippen LogP contribution in [0.25, 0.3) is 4.96 Å². The zero-order chi connectivity index (χ0) is 14.8. The molecule has 0 atom stereocenters. The molecule has 0 aromatic carbocycles. The fourth-order valence-corrected chi connectivity index (χ4v) is 2.86. The summed E-state index contributed by atoms with van der Waals surface area (Å²) in [5, 5.41) is 13.7. The summed E-state index contributed by atoms with van der Waals surface area (Å²) in [6, 6.07) is 3.61. The standard InChI is InChI=1S/C14H13N5OS/c1-18-8-10(7-15)6-12(18)13(20)16-3-2-11-9-19-4-5-21-14(19)17-11/h4-6,8-9H,2-3H2,1H3,(H,16,20). The number of imidazole rings is 1. The van der Waals surface area contributed by atoms with Gasteiger partial charge in [-0.05, 0) is 6.07 Å². The van der Waals surface area contributed by atoms with Crippen molar-refractivity contribution in [2.24, 2.45) is 7.05 Å². The summed E-state index contributed by atoms with van der Waals surface area (Å²) in [5.74, 6) is -0.181. The summed E-state index contributed by atoms with van der Waals surface area (Å²) in [7, 11) is 1.75. The van der Waals surface area contributed by atoms with Gasteiger partial charge in [0.2, 0.25) is 0 Å². The SMILES string of the molecule is Cn1cc(C#N)cc1C(=O)NCCc1cn2ccsc2n1. The van der Waals surface area contributed by atoms with E-state index in [9.17, 15) is 4.79 Å². The molecular formula is C14H13N5OS. The second-order valence-corrected chi connectivity index (χ2v) is 5.54. The number of aryl methyl sites for hydroxylation is 1. The minimum Gasteiger partial charge on any atom is -0.350 e. The number of amides is 1. The minimum atomic E-state index is -0.181. The molecule has 0 aliphatic rings. The Hall–Kier alpha value is -2.59. The molecule has 0 aliphatic heterocycles. The molecular weight excluding hydrogens is 286 g/mol. The van der Waals surface area contributed by atoms with Crippen molar-refractivity contribution in [2.75, 3.05) is 6.54 Å². The van der Waals surface area contributed by atoms with Crippen LogP contribution < -0.4 is 5.32 Å². The van der Waals surface area contributed by atoms with E-state index in [2.05, 4.69) is 10.3 Å². The Morgan fingerprint density at radius 3 is 3.10 bits per heavy atom. The number of rotatable bonds is 4. The minimum absolute atomic E-state index is 0.181. The lowest BCUT2D eigenvalue weighted by Gasteiger charge is -2.04. The first-order valence-corrected chi connectivity index (χ1v) is 7.31. The lowest BCUT2D eigenvalue weighted by atomic mass is 10.3. The number of aromatic nitrogens is 3. The van der Waals surface area contributed by atoms with Crippen LogP contribution in [0, 0.1) is 11.3 Å². The van der Waals surface area contributed by atoms with Crippen LogP contribution >= 0.6 is 11.3 Å². The Balaban J connectivity index is 1.59. The highest BCUT2D eigenvalue weighted by Gasteiger charge is 2.11. The van der Waals surface area contributed by atoms with Gasteiger partial charge >= 0.3 is 0 Å². The third kappa shape index (κ3) is 2.66. The average Bonchev–Trinajstić information content (AvgIpc) is 3.12. The van der Waals surface area contributed by atoms with E-state index in [1.165, 1.54) is 0 Å². The molecule has 3 rings (SSSR count). The van der Waals surface area contributed by atoms with Gasteiger partial charge in [-0.25, -0.2) is 4.98 Å². The molecule has 0 radical (unpaired) electrons. The zero-order valence-electron chi connectivity index (χ0n) is 11.4. The topological polar surface area (TPSA) is 75.1 Å². The highest BCUT2D eigenvalue weighted by molar-refractivity contribution is 7.15. The van der Waals surface area contributed by atoms with Gasteiger partial charge in [0, 0.05) is 44.0 Å². The molecule has 0 fully saturated rings. The van der Waals surface area contributed by atoms with Gasteiger partial charge in [-0.15, -0.1) is 11.3 Å². The van der Waals surface area contributed by atoms with E-state index in [4.69, 9.17) is 5.26 Å².